The molecule has 27 heavy (non-hydrogen) atoms. The third-order valence-electron chi connectivity index (χ3n) is 4.31. The van der Waals surface area contributed by atoms with Crippen LogP contribution in [-0.2, 0) is 9.59 Å². The molecule has 0 unspecified atom stereocenters. The molecule has 0 spiro atoms. The van der Waals surface area contributed by atoms with E-state index in [0.717, 1.165) is 22.3 Å². The number of rotatable bonds is 6. The number of carbonyl (C=O) groups is 2. The monoisotopic (exact) mass is 370 g/mol. The Morgan fingerprint density at radius 3 is 2.19 bits per heavy atom. The van der Waals surface area contributed by atoms with Gasteiger partial charge in [-0.25, -0.2) is 0 Å². The molecular weight excluding hydrogens is 344 g/mol. The van der Waals surface area contributed by atoms with Crippen LogP contribution in [0.4, 0.5) is 0 Å². The summed E-state index contributed by atoms with van der Waals surface area (Å²) in [5.41, 5.74) is 8.65. The molecule has 0 radical (unpaired) electrons. The molecule has 2 aromatic carbocycles. The van der Waals surface area contributed by atoms with E-state index in [1.807, 2.05) is 64.1 Å². The van der Waals surface area contributed by atoms with Crippen molar-refractivity contribution in [2.45, 2.75) is 40.7 Å². The Kier molecular flexibility index (Phi) is 6.82. The van der Waals surface area contributed by atoms with Gasteiger partial charge < -0.3 is 9.47 Å². The number of nitrogens with one attached hydrogen (secondary N) is 2. The Bertz CT molecular complexity index is 813. The molecule has 0 saturated heterocycles. The molecule has 0 aromatic heterocycles. The minimum Gasteiger partial charge on any atom is -0.483 e. The highest BCUT2D eigenvalue weighted by Gasteiger charge is 2.17. The molecule has 0 fully saturated rings. The SMILES string of the molecule is Cc1cccc(O[C@H](C)C(=O)NNC(=O)COc2c(C)cccc2C)c1C. The minimum absolute atomic E-state index is 0.196. The molecular formula is C21H26N2O4. The topological polar surface area (TPSA) is 76.7 Å². The van der Waals surface area contributed by atoms with E-state index in [4.69, 9.17) is 9.47 Å². The zero-order chi connectivity index (χ0) is 20.0. The van der Waals surface area contributed by atoms with E-state index in [1.54, 1.807) is 6.92 Å². The van der Waals surface area contributed by atoms with Crippen molar-refractivity contribution in [3.8, 4) is 11.5 Å². The van der Waals surface area contributed by atoms with Crippen LogP contribution < -0.4 is 20.3 Å². The molecule has 0 aliphatic carbocycles. The largest absolute Gasteiger partial charge is 0.483 e. The van der Waals surface area contributed by atoms with Gasteiger partial charge in [-0.1, -0.05) is 30.3 Å². The average Bonchev–Trinajstić information content (AvgIpc) is 2.63. The molecule has 0 bridgehead atoms. The van der Waals surface area contributed by atoms with Crippen LogP contribution in [0.3, 0.4) is 0 Å². The lowest BCUT2D eigenvalue weighted by atomic mass is 10.1. The van der Waals surface area contributed by atoms with Crippen molar-refractivity contribution >= 4 is 11.8 Å². The van der Waals surface area contributed by atoms with Crippen LogP contribution in [0, 0.1) is 27.7 Å². The maximum Gasteiger partial charge on any atom is 0.279 e. The van der Waals surface area contributed by atoms with Crippen LogP contribution in [-0.4, -0.2) is 24.5 Å². The average molecular weight is 370 g/mol. The van der Waals surface area contributed by atoms with Gasteiger partial charge in [0, 0.05) is 0 Å². The number of ether oxygens (including phenoxy) is 2. The van der Waals surface area contributed by atoms with Crippen molar-refractivity contribution in [3.63, 3.8) is 0 Å². The lowest BCUT2D eigenvalue weighted by molar-refractivity contribution is -0.133. The second-order valence-electron chi connectivity index (χ2n) is 6.51. The van der Waals surface area contributed by atoms with E-state index in [2.05, 4.69) is 10.9 Å². The predicted molar refractivity (Wildman–Crippen MR) is 104 cm³/mol. The fourth-order valence-corrected chi connectivity index (χ4v) is 2.53. The number of hydrogen-bond donors (Lipinski definition) is 2. The maximum absolute atomic E-state index is 12.1. The highest BCUT2D eigenvalue weighted by molar-refractivity contribution is 5.85. The van der Waals surface area contributed by atoms with Crippen LogP contribution in [0.5, 0.6) is 11.5 Å². The zero-order valence-corrected chi connectivity index (χ0v) is 16.4. The van der Waals surface area contributed by atoms with E-state index < -0.39 is 17.9 Å². The van der Waals surface area contributed by atoms with Gasteiger partial charge in [-0.3, -0.25) is 20.4 Å². The van der Waals surface area contributed by atoms with E-state index in [9.17, 15) is 9.59 Å². The smallest absolute Gasteiger partial charge is 0.279 e. The summed E-state index contributed by atoms with van der Waals surface area (Å²) >= 11 is 0. The summed E-state index contributed by atoms with van der Waals surface area (Å²) < 4.78 is 11.2. The summed E-state index contributed by atoms with van der Waals surface area (Å²) in [5, 5.41) is 0. The first-order chi connectivity index (χ1) is 12.8. The van der Waals surface area contributed by atoms with Crippen molar-refractivity contribution in [1.82, 2.24) is 10.9 Å². The van der Waals surface area contributed by atoms with Crippen LogP contribution in [0.25, 0.3) is 0 Å². The Labute approximate surface area is 159 Å². The van der Waals surface area contributed by atoms with Gasteiger partial charge in [0.1, 0.15) is 11.5 Å². The molecule has 0 saturated carbocycles. The molecule has 0 heterocycles. The normalized spacial score (nSPS) is 11.4. The first-order valence-electron chi connectivity index (χ1n) is 8.80. The van der Waals surface area contributed by atoms with Crippen molar-refractivity contribution in [2.24, 2.45) is 0 Å². The molecule has 6 nitrogen and oxygen atoms in total. The van der Waals surface area contributed by atoms with E-state index in [-0.39, 0.29) is 6.61 Å². The van der Waals surface area contributed by atoms with E-state index in [0.29, 0.717) is 11.5 Å². The molecule has 2 N–H and O–H groups in total. The Hall–Kier alpha value is -3.02. The minimum atomic E-state index is -0.759. The van der Waals surface area contributed by atoms with Crippen LogP contribution in [0.15, 0.2) is 36.4 Å². The Morgan fingerprint density at radius 1 is 0.926 bits per heavy atom. The summed E-state index contributed by atoms with van der Waals surface area (Å²) in [5.74, 6) is 0.411. The fourth-order valence-electron chi connectivity index (χ4n) is 2.53. The first-order valence-corrected chi connectivity index (χ1v) is 8.80. The van der Waals surface area contributed by atoms with Gasteiger partial charge in [0.05, 0.1) is 0 Å². The summed E-state index contributed by atoms with van der Waals surface area (Å²) in [6.45, 7) is 9.16. The lowest BCUT2D eigenvalue weighted by Gasteiger charge is -2.17. The standard InChI is InChI=1S/C21H26N2O4/c1-13-8-7-11-18(16(13)4)27-17(5)21(25)23-22-19(24)12-26-20-14(2)9-6-10-15(20)3/h6-11,17H,12H2,1-5H3,(H,22,24)(H,23,25)/t17-/m1/s1. The second kappa shape index (κ2) is 9.07. The highest BCUT2D eigenvalue weighted by Crippen LogP contribution is 2.22. The predicted octanol–water partition coefficient (Wildman–Crippen LogP) is 2.91. The second-order valence-corrected chi connectivity index (χ2v) is 6.51. The molecule has 0 aliphatic rings. The van der Waals surface area contributed by atoms with Gasteiger partial charge in [-0.05, 0) is 62.9 Å². The number of benzene rings is 2. The van der Waals surface area contributed by atoms with E-state index in [1.165, 1.54) is 0 Å². The maximum atomic E-state index is 12.1. The number of hydrogen-bond acceptors (Lipinski definition) is 4. The van der Waals surface area contributed by atoms with Gasteiger partial charge in [-0.2, -0.15) is 0 Å². The zero-order valence-electron chi connectivity index (χ0n) is 16.4. The summed E-state index contributed by atoms with van der Waals surface area (Å²) in [4.78, 5) is 24.1. The quantitative estimate of drug-likeness (QED) is 0.767. The van der Waals surface area contributed by atoms with Gasteiger partial charge >= 0.3 is 0 Å². The first kappa shape index (κ1) is 20.3. The number of para-hydroxylation sites is 1. The number of carbonyl (C=O) groups excluding carboxylic acids is 2. The molecule has 1 atom stereocenters. The fraction of sp³-hybridized carbons (Fsp3) is 0.333. The third kappa shape index (κ3) is 5.48. The summed E-state index contributed by atoms with van der Waals surface area (Å²) in [6, 6.07) is 11.4. The van der Waals surface area contributed by atoms with Gasteiger partial charge in [0.15, 0.2) is 12.7 Å². The number of hydrazine groups is 1. The van der Waals surface area contributed by atoms with Gasteiger partial charge in [0.2, 0.25) is 0 Å². The summed E-state index contributed by atoms with van der Waals surface area (Å²) in [6.07, 6.45) is -0.759. The Balaban J connectivity index is 1.82. The van der Waals surface area contributed by atoms with Gasteiger partial charge in [-0.15, -0.1) is 0 Å². The highest BCUT2D eigenvalue weighted by atomic mass is 16.5. The number of amides is 2. The van der Waals surface area contributed by atoms with Gasteiger partial charge in [0.25, 0.3) is 11.8 Å². The molecule has 2 amide bonds. The lowest BCUT2D eigenvalue weighted by Crippen LogP contribution is -2.48. The molecule has 6 heteroatoms. The molecule has 144 valence electrons. The van der Waals surface area contributed by atoms with Crippen LogP contribution in [0.1, 0.15) is 29.2 Å². The van der Waals surface area contributed by atoms with Crippen molar-refractivity contribution < 1.29 is 19.1 Å². The Morgan fingerprint density at radius 2 is 1.52 bits per heavy atom. The van der Waals surface area contributed by atoms with Crippen molar-refractivity contribution in [2.75, 3.05) is 6.61 Å². The van der Waals surface area contributed by atoms with Crippen LogP contribution >= 0.6 is 0 Å². The summed E-state index contributed by atoms with van der Waals surface area (Å²) in [7, 11) is 0. The van der Waals surface area contributed by atoms with E-state index >= 15 is 0 Å². The third-order valence-corrected chi connectivity index (χ3v) is 4.31. The molecule has 2 rings (SSSR count). The molecule has 2 aromatic rings. The van der Waals surface area contributed by atoms with Crippen LogP contribution in [0.2, 0.25) is 0 Å². The van der Waals surface area contributed by atoms with Crippen molar-refractivity contribution in [1.29, 1.82) is 0 Å². The molecule has 0 aliphatic heterocycles. The number of aryl methyl sites for hydroxylation is 3. The van der Waals surface area contributed by atoms with Crippen molar-refractivity contribution in [3.05, 3.63) is 58.7 Å².